The summed E-state index contributed by atoms with van der Waals surface area (Å²) in [6, 6.07) is 3.92. The van der Waals surface area contributed by atoms with E-state index in [1.54, 1.807) is 25.4 Å². The molecule has 0 spiro atoms. The summed E-state index contributed by atoms with van der Waals surface area (Å²) in [4.78, 5) is 24.6. The maximum absolute atomic E-state index is 12.3. The lowest BCUT2D eigenvalue weighted by atomic mass is 10.3. The molecule has 9 nitrogen and oxygen atoms in total. The summed E-state index contributed by atoms with van der Waals surface area (Å²) in [5, 5.41) is 9.24. The van der Waals surface area contributed by atoms with Gasteiger partial charge in [-0.3, -0.25) is 0 Å². The molecule has 13 heteroatoms. The van der Waals surface area contributed by atoms with Crippen LogP contribution in [0.5, 0.6) is 5.75 Å². The van der Waals surface area contributed by atoms with Crippen molar-refractivity contribution in [2.24, 2.45) is 0 Å². The van der Waals surface area contributed by atoms with E-state index in [1.165, 1.54) is 17.1 Å². The lowest BCUT2D eigenvalue weighted by Crippen LogP contribution is -2.32. The van der Waals surface area contributed by atoms with Crippen molar-refractivity contribution >= 4 is 27.6 Å². The lowest BCUT2D eigenvalue weighted by molar-refractivity contribution is -0.274. The fraction of sp³-hybridized carbons (Fsp3) is 0.188. The third kappa shape index (κ3) is 5.40. The predicted octanol–water partition coefficient (Wildman–Crippen LogP) is 3.60. The van der Waals surface area contributed by atoms with Crippen molar-refractivity contribution in [3.8, 4) is 11.7 Å². The largest absolute Gasteiger partial charge is 0.573 e. The predicted molar refractivity (Wildman–Crippen MR) is 98.3 cm³/mol. The first-order chi connectivity index (χ1) is 13.7. The zero-order valence-electron chi connectivity index (χ0n) is 14.7. The Balaban J connectivity index is 1.67. The molecule has 1 atom stereocenters. The van der Waals surface area contributed by atoms with Gasteiger partial charge in [0.05, 0.1) is 11.7 Å². The lowest BCUT2D eigenvalue weighted by Gasteiger charge is -2.16. The van der Waals surface area contributed by atoms with Crippen LogP contribution in [0.1, 0.15) is 18.8 Å². The number of hydrogen-bond acceptors (Lipinski definition) is 6. The van der Waals surface area contributed by atoms with Crippen molar-refractivity contribution in [1.82, 2.24) is 30.0 Å². The van der Waals surface area contributed by atoms with Gasteiger partial charge in [0.25, 0.3) is 5.95 Å². The van der Waals surface area contributed by atoms with Crippen LogP contribution in [-0.2, 0) is 0 Å². The average Bonchev–Trinajstić information content (AvgIpc) is 3.13. The summed E-state index contributed by atoms with van der Waals surface area (Å²) in [5.74, 6) is 0.260. The number of ether oxygens (including phenoxy) is 1. The van der Waals surface area contributed by atoms with Gasteiger partial charge in [0, 0.05) is 16.9 Å². The molecule has 2 aromatic heterocycles. The van der Waals surface area contributed by atoms with E-state index < -0.39 is 24.2 Å². The number of amides is 2. The van der Waals surface area contributed by atoms with Gasteiger partial charge >= 0.3 is 12.4 Å². The molecule has 3 rings (SSSR count). The van der Waals surface area contributed by atoms with Gasteiger partial charge in [-0.2, -0.15) is 9.78 Å². The first kappa shape index (κ1) is 20.5. The molecule has 1 aromatic carbocycles. The standard InChI is InChI=1S/C16H13BrF3N7O2/c1-9(13-23-8-24-27(13)14-21-5-2-6-22-14)25-15(28)26-12-4-3-10(7-11(12)17)29-16(18,19)20/h2-9H,1H3,(H2,25,26,28). The second-order valence-corrected chi connectivity index (χ2v) is 6.44. The maximum atomic E-state index is 12.3. The van der Waals surface area contributed by atoms with Crippen LogP contribution in [0.4, 0.5) is 23.7 Å². The molecule has 0 radical (unpaired) electrons. The number of hydrogen-bond donors (Lipinski definition) is 2. The van der Waals surface area contributed by atoms with Gasteiger partial charge in [-0.05, 0) is 47.1 Å². The number of anilines is 1. The van der Waals surface area contributed by atoms with E-state index in [1.807, 2.05) is 0 Å². The maximum Gasteiger partial charge on any atom is 0.573 e. The Hall–Kier alpha value is -3.22. The number of aromatic nitrogens is 5. The van der Waals surface area contributed by atoms with Crippen LogP contribution in [0.25, 0.3) is 5.95 Å². The number of rotatable bonds is 5. The second-order valence-electron chi connectivity index (χ2n) is 5.59. The number of nitrogens with zero attached hydrogens (tertiary/aromatic N) is 5. The second kappa shape index (κ2) is 8.43. The first-order valence-electron chi connectivity index (χ1n) is 8.03. The molecule has 0 aliphatic carbocycles. The fourth-order valence-electron chi connectivity index (χ4n) is 2.31. The Morgan fingerprint density at radius 2 is 1.97 bits per heavy atom. The Morgan fingerprint density at radius 3 is 2.62 bits per heavy atom. The highest BCUT2D eigenvalue weighted by Gasteiger charge is 2.31. The van der Waals surface area contributed by atoms with E-state index >= 15 is 0 Å². The van der Waals surface area contributed by atoms with Crippen molar-refractivity contribution < 1.29 is 22.7 Å². The SMILES string of the molecule is CC(NC(=O)Nc1ccc(OC(F)(F)F)cc1Br)c1ncnn1-c1ncccn1. The molecule has 152 valence electrons. The first-order valence-corrected chi connectivity index (χ1v) is 8.82. The third-order valence-electron chi connectivity index (χ3n) is 3.47. The minimum Gasteiger partial charge on any atom is -0.406 e. The molecule has 2 amide bonds. The molecule has 2 heterocycles. The number of halogens is 4. The van der Waals surface area contributed by atoms with E-state index in [9.17, 15) is 18.0 Å². The van der Waals surface area contributed by atoms with Crippen LogP contribution in [-0.4, -0.2) is 37.1 Å². The number of urea groups is 1. The molecular weight excluding hydrogens is 459 g/mol. The van der Waals surface area contributed by atoms with Gasteiger partial charge in [0.15, 0.2) is 5.82 Å². The summed E-state index contributed by atoms with van der Waals surface area (Å²) in [6.07, 6.45) is -0.415. The van der Waals surface area contributed by atoms with Crippen LogP contribution in [0.2, 0.25) is 0 Å². The molecule has 0 aliphatic rings. The van der Waals surface area contributed by atoms with Gasteiger partial charge in [-0.15, -0.1) is 13.2 Å². The highest BCUT2D eigenvalue weighted by Crippen LogP contribution is 2.30. The Bertz CT molecular complexity index is 998. The van der Waals surface area contributed by atoms with Crippen LogP contribution in [0.15, 0.2) is 47.5 Å². The number of carbonyl (C=O) groups excluding carboxylic acids is 1. The number of carbonyl (C=O) groups is 1. The van der Waals surface area contributed by atoms with Crippen LogP contribution >= 0.6 is 15.9 Å². The monoisotopic (exact) mass is 471 g/mol. The summed E-state index contributed by atoms with van der Waals surface area (Å²) in [5.41, 5.74) is 0.247. The van der Waals surface area contributed by atoms with Gasteiger partial charge in [-0.25, -0.2) is 19.7 Å². The van der Waals surface area contributed by atoms with Crippen molar-refractivity contribution in [3.63, 3.8) is 0 Å². The zero-order valence-corrected chi connectivity index (χ0v) is 16.3. The highest BCUT2D eigenvalue weighted by atomic mass is 79.9. The van der Waals surface area contributed by atoms with E-state index in [0.717, 1.165) is 12.1 Å². The average molecular weight is 472 g/mol. The fourth-order valence-corrected chi connectivity index (χ4v) is 2.77. The normalized spacial score (nSPS) is 12.3. The summed E-state index contributed by atoms with van der Waals surface area (Å²) in [6.45, 7) is 1.68. The highest BCUT2D eigenvalue weighted by molar-refractivity contribution is 9.10. The van der Waals surface area contributed by atoms with Crippen molar-refractivity contribution in [2.75, 3.05) is 5.32 Å². The summed E-state index contributed by atoms with van der Waals surface area (Å²) in [7, 11) is 0. The van der Waals surface area contributed by atoms with Crippen LogP contribution in [0.3, 0.4) is 0 Å². The van der Waals surface area contributed by atoms with Gasteiger partial charge < -0.3 is 15.4 Å². The molecule has 0 fully saturated rings. The number of alkyl halides is 3. The Morgan fingerprint density at radius 1 is 1.24 bits per heavy atom. The minimum absolute atomic E-state index is 0.211. The van der Waals surface area contributed by atoms with E-state index in [2.05, 4.69) is 51.4 Å². The minimum atomic E-state index is -4.81. The van der Waals surface area contributed by atoms with Crippen molar-refractivity contribution in [1.29, 1.82) is 0 Å². The van der Waals surface area contributed by atoms with E-state index in [0.29, 0.717) is 5.82 Å². The Kier molecular flexibility index (Phi) is 5.96. The topological polar surface area (TPSA) is 107 Å². The third-order valence-corrected chi connectivity index (χ3v) is 4.13. The molecule has 0 aliphatic heterocycles. The molecule has 0 bridgehead atoms. The number of nitrogens with one attached hydrogen (secondary N) is 2. The molecular formula is C16H13BrF3N7O2. The molecule has 2 N–H and O–H groups in total. The van der Waals surface area contributed by atoms with E-state index in [-0.39, 0.29) is 16.1 Å². The van der Waals surface area contributed by atoms with Gasteiger partial charge in [-0.1, -0.05) is 0 Å². The van der Waals surface area contributed by atoms with E-state index in [4.69, 9.17) is 0 Å². The molecule has 0 saturated heterocycles. The van der Waals surface area contributed by atoms with Gasteiger partial charge in [0.2, 0.25) is 0 Å². The Labute approximate surface area is 170 Å². The van der Waals surface area contributed by atoms with Crippen molar-refractivity contribution in [3.05, 3.63) is 53.3 Å². The molecule has 29 heavy (non-hydrogen) atoms. The summed E-state index contributed by atoms with van der Waals surface area (Å²) >= 11 is 3.10. The van der Waals surface area contributed by atoms with Crippen LogP contribution in [0, 0.1) is 0 Å². The number of benzene rings is 1. The van der Waals surface area contributed by atoms with Gasteiger partial charge in [0.1, 0.15) is 12.1 Å². The zero-order chi connectivity index (χ0) is 21.0. The smallest absolute Gasteiger partial charge is 0.406 e. The van der Waals surface area contributed by atoms with Crippen LogP contribution < -0.4 is 15.4 Å². The molecule has 0 saturated carbocycles. The quantitative estimate of drug-likeness (QED) is 0.588. The molecule has 3 aromatic rings. The summed E-state index contributed by atoms with van der Waals surface area (Å²) < 4.78 is 42.2. The van der Waals surface area contributed by atoms with Crippen molar-refractivity contribution in [2.45, 2.75) is 19.3 Å². The molecule has 1 unspecified atom stereocenters.